The van der Waals surface area contributed by atoms with E-state index in [1.807, 2.05) is 6.92 Å². The van der Waals surface area contributed by atoms with Gasteiger partial charge in [0.1, 0.15) is 0 Å². The highest BCUT2D eigenvalue weighted by Gasteiger charge is 2.13. The van der Waals surface area contributed by atoms with Gasteiger partial charge in [0.2, 0.25) is 5.91 Å². The summed E-state index contributed by atoms with van der Waals surface area (Å²) in [7, 11) is 0. The van der Waals surface area contributed by atoms with Crippen LogP contribution in [-0.4, -0.2) is 44.3 Å². The third-order valence-corrected chi connectivity index (χ3v) is 3.49. The SMILES string of the molecule is CCCNC(=O)CNC(=O)NCCCOC1CCCCC1. The first-order valence-corrected chi connectivity index (χ1v) is 8.12. The number of nitrogens with one attached hydrogen (secondary N) is 3. The van der Waals surface area contributed by atoms with Crippen LogP contribution in [-0.2, 0) is 9.53 Å². The largest absolute Gasteiger partial charge is 0.378 e. The minimum absolute atomic E-state index is 0.0183. The predicted octanol–water partition coefficient (Wildman–Crippen LogP) is 1.55. The Hall–Kier alpha value is -1.30. The molecular weight excluding hydrogens is 270 g/mol. The molecule has 3 amide bonds. The van der Waals surface area contributed by atoms with Gasteiger partial charge in [-0.1, -0.05) is 26.2 Å². The van der Waals surface area contributed by atoms with Crippen LogP contribution < -0.4 is 16.0 Å². The second kappa shape index (κ2) is 11.4. The lowest BCUT2D eigenvalue weighted by Gasteiger charge is -2.21. The predicted molar refractivity (Wildman–Crippen MR) is 82.1 cm³/mol. The molecule has 0 aromatic rings. The second-order valence-electron chi connectivity index (χ2n) is 5.44. The molecular formula is C15H29N3O3. The van der Waals surface area contributed by atoms with Gasteiger partial charge in [0.25, 0.3) is 0 Å². The van der Waals surface area contributed by atoms with Gasteiger partial charge in [-0.05, 0) is 25.7 Å². The minimum atomic E-state index is -0.306. The molecule has 0 unspecified atom stereocenters. The van der Waals surface area contributed by atoms with E-state index in [0.717, 1.165) is 12.8 Å². The quantitative estimate of drug-likeness (QED) is 0.565. The molecule has 21 heavy (non-hydrogen) atoms. The van der Waals surface area contributed by atoms with E-state index in [0.29, 0.717) is 25.8 Å². The molecule has 1 fully saturated rings. The Labute approximate surface area is 127 Å². The van der Waals surface area contributed by atoms with E-state index in [1.54, 1.807) is 0 Å². The highest BCUT2D eigenvalue weighted by atomic mass is 16.5. The number of rotatable bonds is 9. The van der Waals surface area contributed by atoms with E-state index < -0.39 is 0 Å². The van der Waals surface area contributed by atoms with Crippen molar-refractivity contribution in [3.8, 4) is 0 Å². The van der Waals surface area contributed by atoms with Gasteiger partial charge in [-0.25, -0.2) is 4.79 Å². The number of hydrogen-bond acceptors (Lipinski definition) is 3. The number of hydrogen-bond donors (Lipinski definition) is 3. The average Bonchev–Trinajstić information content (AvgIpc) is 2.51. The van der Waals surface area contributed by atoms with E-state index in [2.05, 4.69) is 16.0 Å². The Morgan fingerprint density at radius 1 is 1.05 bits per heavy atom. The van der Waals surface area contributed by atoms with E-state index in [4.69, 9.17) is 4.74 Å². The maximum absolute atomic E-state index is 11.4. The summed E-state index contributed by atoms with van der Waals surface area (Å²) in [5, 5.41) is 7.95. The van der Waals surface area contributed by atoms with Crippen LogP contribution in [0.1, 0.15) is 51.9 Å². The lowest BCUT2D eigenvalue weighted by molar-refractivity contribution is -0.120. The zero-order valence-corrected chi connectivity index (χ0v) is 13.1. The summed E-state index contributed by atoms with van der Waals surface area (Å²) in [6.07, 6.45) is 8.30. The van der Waals surface area contributed by atoms with Crippen LogP contribution in [0.5, 0.6) is 0 Å². The van der Waals surface area contributed by atoms with Crippen LogP contribution in [0, 0.1) is 0 Å². The van der Waals surface area contributed by atoms with Gasteiger partial charge in [0.15, 0.2) is 0 Å². The molecule has 0 atom stereocenters. The van der Waals surface area contributed by atoms with Gasteiger partial charge in [-0.15, -0.1) is 0 Å². The lowest BCUT2D eigenvalue weighted by Crippen LogP contribution is -2.42. The maximum atomic E-state index is 11.4. The molecule has 0 spiro atoms. The number of carbonyl (C=O) groups excluding carboxylic acids is 2. The molecule has 1 rings (SSSR count). The van der Waals surface area contributed by atoms with E-state index >= 15 is 0 Å². The highest BCUT2D eigenvalue weighted by molar-refractivity contribution is 5.83. The molecule has 0 heterocycles. The van der Waals surface area contributed by atoms with Crippen molar-refractivity contribution in [2.45, 2.75) is 58.0 Å². The lowest BCUT2D eigenvalue weighted by atomic mass is 9.98. The van der Waals surface area contributed by atoms with Gasteiger partial charge in [0, 0.05) is 19.7 Å². The van der Waals surface area contributed by atoms with Crippen LogP contribution in [0.2, 0.25) is 0 Å². The standard InChI is InChI=1S/C15H29N3O3/c1-2-9-16-14(19)12-18-15(20)17-10-6-11-21-13-7-4-3-5-8-13/h13H,2-12H2,1H3,(H,16,19)(H2,17,18,20). The first-order valence-electron chi connectivity index (χ1n) is 8.12. The van der Waals surface area contributed by atoms with Gasteiger partial charge < -0.3 is 20.7 Å². The summed E-state index contributed by atoms with van der Waals surface area (Å²) >= 11 is 0. The van der Waals surface area contributed by atoms with Crippen molar-refractivity contribution >= 4 is 11.9 Å². The molecule has 3 N–H and O–H groups in total. The number of urea groups is 1. The molecule has 6 nitrogen and oxygen atoms in total. The number of carbonyl (C=O) groups is 2. The molecule has 1 saturated carbocycles. The number of ether oxygens (including phenoxy) is 1. The Kier molecular flexibility index (Phi) is 9.61. The molecule has 0 radical (unpaired) electrons. The van der Waals surface area contributed by atoms with Crippen molar-refractivity contribution in [1.29, 1.82) is 0 Å². The molecule has 122 valence electrons. The van der Waals surface area contributed by atoms with Crippen LogP contribution in [0.25, 0.3) is 0 Å². The summed E-state index contributed by atoms with van der Waals surface area (Å²) < 4.78 is 5.77. The van der Waals surface area contributed by atoms with Crippen molar-refractivity contribution in [3.63, 3.8) is 0 Å². The molecule has 0 aromatic carbocycles. The van der Waals surface area contributed by atoms with E-state index in [-0.39, 0.29) is 18.5 Å². The van der Waals surface area contributed by atoms with Crippen LogP contribution in [0.3, 0.4) is 0 Å². The summed E-state index contributed by atoms with van der Waals surface area (Å²) in [5.74, 6) is -0.160. The Morgan fingerprint density at radius 2 is 1.81 bits per heavy atom. The fourth-order valence-electron chi connectivity index (χ4n) is 2.31. The van der Waals surface area contributed by atoms with Gasteiger partial charge in [0.05, 0.1) is 12.6 Å². The minimum Gasteiger partial charge on any atom is -0.378 e. The normalized spacial score (nSPS) is 15.5. The second-order valence-corrected chi connectivity index (χ2v) is 5.44. The third-order valence-electron chi connectivity index (χ3n) is 3.49. The molecule has 1 aliphatic carbocycles. The van der Waals surface area contributed by atoms with Gasteiger partial charge in [-0.3, -0.25) is 4.79 Å². The molecule has 0 aliphatic heterocycles. The summed E-state index contributed by atoms with van der Waals surface area (Å²) in [5.41, 5.74) is 0. The zero-order chi connectivity index (χ0) is 15.3. The molecule has 6 heteroatoms. The third kappa shape index (κ3) is 9.28. The zero-order valence-electron chi connectivity index (χ0n) is 13.1. The monoisotopic (exact) mass is 299 g/mol. The van der Waals surface area contributed by atoms with Crippen LogP contribution in [0.4, 0.5) is 4.79 Å². The van der Waals surface area contributed by atoms with Crippen molar-refractivity contribution in [2.24, 2.45) is 0 Å². The fraction of sp³-hybridized carbons (Fsp3) is 0.867. The summed E-state index contributed by atoms with van der Waals surface area (Å²) in [4.78, 5) is 22.7. The smallest absolute Gasteiger partial charge is 0.315 e. The summed E-state index contributed by atoms with van der Waals surface area (Å²) in [6, 6.07) is -0.306. The Bertz CT molecular complexity index is 305. The van der Waals surface area contributed by atoms with E-state index in [1.165, 1.54) is 32.1 Å². The van der Waals surface area contributed by atoms with Crippen molar-refractivity contribution in [3.05, 3.63) is 0 Å². The van der Waals surface area contributed by atoms with Gasteiger partial charge >= 0.3 is 6.03 Å². The van der Waals surface area contributed by atoms with Crippen LogP contribution >= 0.6 is 0 Å². The molecule has 0 aromatic heterocycles. The van der Waals surface area contributed by atoms with E-state index in [9.17, 15) is 9.59 Å². The topological polar surface area (TPSA) is 79.5 Å². The van der Waals surface area contributed by atoms with Crippen LogP contribution in [0.15, 0.2) is 0 Å². The summed E-state index contributed by atoms with van der Waals surface area (Å²) in [6.45, 7) is 3.89. The highest BCUT2D eigenvalue weighted by Crippen LogP contribution is 2.20. The Morgan fingerprint density at radius 3 is 2.52 bits per heavy atom. The molecule has 0 saturated heterocycles. The first-order chi connectivity index (χ1) is 10.2. The molecule has 1 aliphatic rings. The van der Waals surface area contributed by atoms with Crippen molar-refractivity contribution in [2.75, 3.05) is 26.2 Å². The van der Waals surface area contributed by atoms with Crippen molar-refractivity contribution in [1.82, 2.24) is 16.0 Å². The first kappa shape index (κ1) is 17.8. The molecule has 0 bridgehead atoms. The number of amides is 3. The Balaban J connectivity index is 1.91. The fourth-order valence-corrected chi connectivity index (χ4v) is 2.31. The maximum Gasteiger partial charge on any atom is 0.315 e. The van der Waals surface area contributed by atoms with Gasteiger partial charge in [-0.2, -0.15) is 0 Å². The van der Waals surface area contributed by atoms with Crippen molar-refractivity contribution < 1.29 is 14.3 Å². The average molecular weight is 299 g/mol.